The van der Waals surface area contributed by atoms with Crippen molar-refractivity contribution >= 4 is 5.78 Å². The first kappa shape index (κ1) is 12.0. The number of fused-ring (bicyclic) bond motifs is 4. The van der Waals surface area contributed by atoms with E-state index in [1.165, 1.54) is 38.5 Å². The summed E-state index contributed by atoms with van der Waals surface area (Å²) < 4.78 is 0. The minimum atomic E-state index is -0.500. The van der Waals surface area contributed by atoms with Gasteiger partial charge in [0, 0.05) is 5.92 Å². The van der Waals surface area contributed by atoms with Gasteiger partial charge in [-0.15, -0.1) is 0 Å². The summed E-state index contributed by atoms with van der Waals surface area (Å²) in [5.74, 6) is 3.46. The highest BCUT2D eigenvalue weighted by molar-refractivity contribution is 5.87. The number of hydrogen-bond donors (Lipinski definition) is 0. The predicted molar refractivity (Wildman–Crippen MR) is 72.5 cm³/mol. The molecule has 4 saturated carbocycles. The molecule has 0 radical (unpaired) electrons. The average Bonchev–Trinajstić information content (AvgIpc) is 3.19. The van der Waals surface area contributed by atoms with Gasteiger partial charge in [-0.05, 0) is 68.1 Å². The highest BCUT2D eigenvalue weighted by atomic mass is 16.3. The summed E-state index contributed by atoms with van der Waals surface area (Å²) >= 11 is 0. The molecule has 104 valence electrons. The molecule has 4 aliphatic carbocycles. The summed E-state index contributed by atoms with van der Waals surface area (Å²) in [6.45, 7) is 0. The van der Waals surface area contributed by atoms with E-state index < -0.39 is 6.04 Å². The van der Waals surface area contributed by atoms with Crippen molar-refractivity contribution in [1.82, 2.24) is 0 Å². The summed E-state index contributed by atoms with van der Waals surface area (Å²) in [7, 11) is 0. The van der Waals surface area contributed by atoms with Crippen LogP contribution in [0.5, 0.6) is 0 Å². The Labute approximate surface area is 114 Å². The lowest BCUT2D eigenvalue weighted by Crippen LogP contribution is -2.37. The molecule has 4 rings (SSSR count). The van der Waals surface area contributed by atoms with Crippen LogP contribution in [0, 0.1) is 40.4 Å². The first-order valence-electron chi connectivity index (χ1n) is 8.12. The Morgan fingerprint density at radius 1 is 0.895 bits per heavy atom. The van der Waals surface area contributed by atoms with Crippen LogP contribution < -0.4 is 0 Å². The van der Waals surface area contributed by atoms with E-state index in [9.17, 15) is 9.70 Å². The van der Waals surface area contributed by atoms with Gasteiger partial charge in [0.05, 0.1) is 0 Å². The molecule has 4 fully saturated rings. The molecule has 0 saturated heterocycles. The number of ketones is 1. The van der Waals surface area contributed by atoms with Crippen LogP contribution in [0.15, 0.2) is 5.18 Å². The van der Waals surface area contributed by atoms with Gasteiger partial charge in [-0.1, -0.05) is 18.0 Å². The second-order valence-corrected chi connectivity index (χ2v) is 7.57. The molecule has 19 heavy (non-hydrogen) atoms. The number of hydrogen-bond acceptors (Lipinski definition) is 3. The molecule has 7 atom stereocenters. The van der Waals surface area contributed by atoms with Gasteiger partial charge in [0.1, 0.15) is 0 Å². The molecule has 0 heterocycles. The average molecular weight is 261 g/mol. The van der Waals surface area contributed by atoms with E-state index in [0.717, 1.165) is 24.7 Å². The van der Waals surface area contributed by atoms with Crippen LogP contribution in [0.25, 0.3) is 0 Å². The predicted octanol–water partition coefficient (Wildman–Crippen LogP) is 3.56. The van der Waals surface area contributed by atoms with Crippen LogP contribution in [0.4, 0.5) is 0 Å². The fraction of sp³-hybridized carbons (Fsp3) is 0.938. The van der Waals surface area contributed by atoms with Gasteiger partial charge in [-0.2, -0.15) is 4.91 Å². The molecule has 4 bridgehead atoms. The maximum Gasteiger partial charge on any atom is 0.164 e. The Morgan fingerprint density at radius 3 is 2.05 bits per heavy atom. The zero-order valence-corrected chi connectivity index (χ0v) is 11.5. The summed E-state index contributed by atoms with van der Waals surface area (Å²) in [5.41, 5.74) is 0. The second-order valence-electron chi connectivity index (χ2n) is 7.57. The smallest absolute Gasteiger partial charge is 0.164 e. The lowest BCUT2D eigenvalue weighted by Gasteiger charge is -2.29. The van der Waals surface area contributed by atoms with Crippen LogP contribution in [0.2, 0.25) is 0 Å². The molecule has 0 N–H and O–H groups in total. The molecule has 0 aromatic heterocycles. The molecular formula is C16H23NO2. The first-order chi connectivity index (χ1) is 9.26. The van der Waals surface area contributed by atoms with Gasteiger partial charge in [0.25, 0.3) is 0 Å². The molecule has 7 unspecified atom stereocenters. The van der Waals surface area contributed by atoms with Gasteiger partial charge >= 0.3 is 0 Å². The minimum absolute atomic E-state index is 0.181. The molecule has 4 aliphatic rings. The van der Waals surface area contributed by atoms with Crippen molar-refractivity contribution < 1.29 is 4.79 Å². The topological polar surface area (TPSA) is 46.5 Å². The Hall–Kier alpha value is -0.730. The minimum Gasteiger partial charge on any atom is -0.297 e. The fourth-order valence-corrected chi connectivity index (χ4v) is 5.83. The largest absolute Gasteiger partial charge is 0.297 e. The van der Waals surface area contributed by atoms with Gasteiger partial charge in [-0.3, -0.25) is 4.79 Å². The van der Waals surface area contributed by atoms with Crippen molar-refractivity contribution in [3.05, 3.63) is 4.91 Å². The number of nitrogens with zero attached hydrogens (tertiary/aromatic N) is 1. The first-order valence-corrected chi connectivity index (χ1v) is 8.12. The molecular weight excluding hydrogens is 238 g/mol. The summed E-state index contributed by atoms with van der Waals surface area (Å²) in [5, 5.41) is 3.32. The molecule has 0 aromatic rings. The van der Waals surface area contributed by atoms with Crippen LogP contribution >= 0.6 is 0 Å². The molecule has 0 aliphatic heterocycles. The molecule has 3 nitrogen and oxygen atoms in total. The van der Waals surface area contributed by atoms with Crippen molar-refractivity contribution in [2.75, 3.05) is 0 Å². The third-order valence-electron chi connectivity index (χ3n) is 6.71. The van der Waals surface area contributed by atoms with Gasteiger partial charge in [-0.25, -0.2) is 0 Å². The Morgan fingerprint density at radius 2 is 1.58 bits per heavy atom. The van der Waals surface area contributed by atoms with E-state index in [2.05, 4.69) is 5.18 Å². The summed E-state index contributed by atoms with van der Waals surface area (Å²) in [4.78, 5) is 24.0. The van der Waals surface area contributed by atoms with Crippen LogP contribution in [-0.2, 0) is 4.79 Å². The van der Waals surface area contributed by atoms with Crippen LogP contribution in [0.3, 0.4) is 0 Å². The van der Waals surface area contributed by atoms with E-state index in [4.69, 9.17) is 0 Å². The molecule has 0 spiro atoms. The SMILES string of the molecule is O=NC(C(=O)C1CC2CCC1C2)C1CC2CCC1C2. The number of carbonyl (C=O) groups excluding carboxylic acids is 1. The lowest BCUT2D eigenvalue weighted by atomic mass is 9.76. The van der Waals surface area contributed by atoms with Crippen molar-refractivity contribution in [1.29, 1.82) is 0 Å². The second kappa shape index (κ2) is 4.39. The quantitative estimate of drug-likeness (QED) is 0.726. The molecule has 3 heteroatoms. The maximum atomic E-state index is 12.7. The molecule has 0 aromatic carbocycles. The normalized spacial score (nSPS) is 48.6. The Kier molecular flexibility index (Phi) is 2.78. The Bertz CT molecular complexity index is 408. The number of carbonyl (C=O) groups is 1. The van der Waals surface area contributed by atoms with Crippen LogP contribution in [0.1, 0.15) is 51.4 Å². The lowest BCUT2D eigenvalue weighted by molar-refractivity contribution is -0.127. The van der Waals surface area contributed by atoms with Gasteiger partial charge in [0.15, 0.2) is 11.8 Å². The van der Waals surface area contributed by atoms with Crippen LogP contribution in [-0.4, -0.2) is 11.8 Å². The van der Waals surface area contributed by atoms with Gasteiger partial charge in [0.2, 0.25) is 0 Å². The summed E-state index contributed by atoms with van der Waals surface area (Å²) in [6.07, 6.45) is 9.69. The fourth-order valence-electron chi connectivity index (χ4n) is 5.83. The highest BCUT2D eigenvalue weighted by Gasteiger charge is 2.50. The van der Waals surface area contributed by atoms with E-state index in [0.29, 0.717) is 17.8 Å². The highest BCUT2D eigenvalue weighted by Crippen LogP contribution is 2.53. The van der Waals surface area contributed by atoms with Crippen molar-refractivity contribution in [2.24, 2.45) is 40.7 Å². The van der Waals surface area contributed by atoms with E-state index in [-0.39, 0.29) is 11.7 Å². The number of rotatable bonds is 4. The van der Waals surface area contributed by atoms with Crippen molar-refractivity contribution in [2.45, 2.75) is 57.4 Å². The number of Topliss-reactive ketones (excluding diaryl/α,β-unsaturated/α-hetero) is 1. The Balaban J connectivity index is 1.50. The standard InChI is InChI=1S/C16H23NO2/c18-16(14-8-10-2-4-12(14)6-10)15(17-19)13-7-9-1-3-11(13)5-9/h9-15H,1-8H2. The number of nitroso groups, excluding NO2 is 1. The summed E-state index contributed by atoms with van der Waals surface area (Å²) in [6, 6.07) is -0.500. The third kappa shape index (κ3) is 1.80. The maximum absolute atomic E-state index is 12.7. The zero-order chi connectivity index (χ0) is 13.0. The van der Waals surface area contributed by atoms with Crippen molar-refractivity contribution in [3.63, 3.8) is 0 Å². The van der Waals surface area contributed by atoms with E-state index in [1.54, 1.807) is 0 Å². The van der Waals surface area contributed by atoms with E-state index >= 15 is 0 Å². The third-order valence-corrected chi connectivity index (χ3v) is 6.71. The zero-order valence-electron chi connectivity index (χ0n) is 11.5. The van der Waals surface area contributed by atoms with Gasteiger partial charge < -0.3 is 0 Å². The monoisotopic (exact) mass is 261 g/mol. The molecule has 0 amide bonds. The van der Waals surface area contributed by atoms with Crippen molar-refractivity contribution in [3.8, 4) is 0 Å². The van der Waals surface area contributed by atoms with E-state index in [1.807, 2.05) is 0 Å².